The van der Waals surface area contributed by atoms with Crippen LogP contribution in [-0.2, 0) is 6.54 Å². The molecule has 2 saturated heterocycles. The molecule has 1 spiro atoms. The molecular formula is C17H26N4S. The van der Waals surface area contributed by atoms with Gasteiger partial charge in [0, 0.05) is 26.2 Å². The van der Waals surface area contributed by atoms with E-state index in [1.807, 2.05) is 0 Å². The van der Waals surface area contributed by atoms with Gasteiger partial charge in [0.2, 0.25) is 0 Å². The second-order valence-corrected chi connectivity index (χ2v) is 6.78. The summed E-state index contributed by atoms with van der Waals surface area (Å²) in [5.74, 6) is 0. The molecule has 5 heteroatoms. The Labute approximate surface area is 138 Å². The predicted octanol–water partition coefficient (Wildman–Crippen LogP) is 2.47. The summed E-state index contributed by atoms with van der Waals surface area (Å²) in [7, 11) is 0. The van der Waals surface area contributed by atoms with Gasteiger partial charge in [0.15, 0.2) is 5.11 Å². The number of hydrogen-bond donors (Lipinski definition) is 2. The Balaban J connectivity index is 1.52. The Morgan fingerprint density at radius 2 is 1.91 bits per heavy atom. The van der Waals surface area contributed by atoms with Crippen molar-refractivity contribution in [2.24, 2.45) is 0 Å². The highest BCUT2D eigenvalue weighted by molar-refractivity contribution is 7.80. The molecule has 0 saturated carbocycles. The second kappa shape index (κ2) is 6.94. The van der Waals surface area contributed by atoms with E-state index in [-0.39, 0.29) is 5.66 Å². The molecule has 1 aromatic carbocycles. The van der Waals surface area contributed by atoms with Crippen LogP contribution in [0.4, 0.5) is 0 Å². The molecule has 0 atom stereocenters. The van der Waals surface area contributed by atoms with Gasteiger partial charge in [0.25, 0.3) is 0 Å². The molecule has 1 aromatic rings. The normalized spacial score (nSPS) is 21.3. The number of hydrazine groups is 1. The van der Waals surface area contributed by atoms with Crippen LogP contribution in [0.1, 0.15) is 38.2 Å². The van der Waals surface area contributed by atoms with E-state index in [4.69, 9.17) is 12.2 Å². The van der Waals surface area contributed by atoms with Crippen molar-refractivity contribution < 1.29 is 0 Å². The summed E-state index contributed by atoms with van der Waals surface area (Å²) in [6.07, 6.45) is 4.54. The van der Waals surface area contributed by atoms with Gasteiger partial charge in [-0.05, 0) is 37.0 Å². The Morgan fingerprint density at radius 3 is 2.59 bits per heavy atom. The molecule has 0 bridgehead atoms. The lowest BCUT2D eigenvalue weighted by Gasteiger charge is -2.39. The lowest BCUT2D eigenvalue weighted by atomic mass is 9.97. The SMILES string of the molecule is CCCCN1NC2(CCN(Cc3ccccc3)CC2)NC1=S. The fraction of sp³-hybridized carbons (Fsp3) is 0.588. The van der Waals surface area contributed by atoms with Gasteiger partial charge in [0.05, 0.1) is 0 Å². The molecule has 0 aromatic heterocycles. The van der Waals surface area contributed by atoms with Gasteiger partial charge in [-0.25, -0.2) is 5.43 Å². The van der Waals surface area contributed by atoms with Crippen LogP contribution in [0.2, 0.25) is 0 Å². The molecule has 0 radical (unpaired) electrons. The van der Waals surface area contributed by atoms with E-state index in [0.717, 1.165) is 44.1 Å². The summed E-state index contributed by atoms with van der Waals surface area (Å²) < 4.78 is 0. The average molecular weight is 318 g/mol. The van der Waals surface area contributed by atoms with E-state index in [1.54, 1.807) is 0 Å². The van der Waals surface area contributed by atoms with Crippen LogP contribution in [0.5, 0.6) is 0 Å². The molecule has 22 heavy (non-hydrogen) atoms. The van der Waals surface area contributed by atoms with Crippen LogP contribution in [-0.4, -0.2) is 40.3 Å². The highest BCUT2D eigenvalue weighted by atomic mass is 32.1. The number of benzene rings is 1. The van der Waals surface area contributed by atoms with Crippen LogP contribution in [0, 0.1) is 0 Å². The summed E-state index contributed by atoms with van der Waals surface area (Å²) in [6.45, 7) is 6.45. The van der Waals surface area contributed by atoms with Gasteiger partial charge in [0.1, 0.15) is 5.66 Å². The molecule has 2 heterocycles. The number of thiocarbonyl (C=S) groups is 1. The summed E-state index contributed by atoms with van der Waals surface area (Å²) >= 11 is 5.48. The number of rotatable bonds is 5. The average Bonchev–Trinajstić information content (AvgIpc) is 2.85. The molecule has 0 amide bonds. The van der Waals surface area contributed by atoms with E-state index in [0.29, 0.717) is 0 Å². The monoisotopic (exact) mass is 318 g/mol. The van der Waals surface area contributed by atoms with E-state index in [2.05, 4.69) is 57.9 Å². The second-order valence-electron chi connectivity index (χ2n) is 6.39. The third-order valence-corrected chi connectivity index (χ3v) is 4.96. The third kappa shape index (κ3) is 3.59. The minimum absolute atomic E-state index is 0.0159. The molecule has 0 unspecified atom stereocenters. The van der Waals surface area contributed by atoms with E-state index >= 15 is 0 Å². The van der Waals surface area contributed by atoms with Crippen molar-refractivity contribution in [1.82, 2.24) is 20.7 Å². The zero-order valence-corrected chi connectivity index (χ0v) is 14.2. The Kier molecular flexibility index (Phi) is 4.96. The first kappa shape index (κ1) is 15.7. The molecule has 4 nitrogen and oxygen atoms in total. The first-order valence-electron chi connectivity index (χ1n) is 8.34. The summed E-state index contributed by atoms with van der Waals surface area (Å²) in [5, 5.41) is 6.53. The molecule has 3 rings (SSSR count). The highest BCUT2D eigenvalue weighted by Crippen LogP contribution is 2.25. The fourth-order valence-corrected chi connectivity index (χ4v) is 3.59. The first-order chi connectivity index (χ1) is 10.7. The maximum absolute atomic E-state index is 5.48. The van der Waals surface area contributed by atoms with Gasteiger partial charge in [-0.3, -0.25) is 9.91 Å². The molecule has 2 N–H and O–H groups in total. The summed E-state index contributed by atoms with van der Waals surface area (Å²) in [6, 6.07) is 10.7. The topological polar surface area (TPSA) is 30.5 Å². The minimum atomic E-state index is -0.0159. The molecule has 2 fully saturated rings. The van der Waals surface area contributed by atoms with Crippen molar-refractivity contribution in [3.8, 4) is 0 Å². The molecule has 2 aliphatic rings. The minimum Gasteiger partial charge on any atom is -0.342 e. The quantitative estimate of drug-likeness (QED) is 0.815. The van der Waals surface area contributed by atoms with E-state index < -0.39 is 0 Å². The molecule has 0 aliphatic carbocycles. The number of piperidine rings is 1. The fourth-order valence-electron chi connectivity index (χ4n) is 3.25. The van der Waals surface area contributed by atoms with Crippen LogP contribution in [0.25, 0.3) is 0 Å². The Bertz CT molecular complexity index is 497. The van der Waals surface area contributed by atoms with Crippen molar-refractivity contribution in [2.45, 2.75) is 44.8 Å². The van der Waals surface area contributed by atoms with Crippen LogP contribution in [0.3, 0.4) is 0 Å². The van der Waals surface area contributed by atoms with Crippen molar-refractivity contribution >= 4 is 17.3 Å². The standard InChI is InChI=1S/C17H26N4S/c1-2-3-11-21-16(22)18-17(19-21)9-12-20(13-10-17)14-15-7-5-4-6-8-15/h4-8,19H,2-3,9-14H2,1H3,(H,18,22). The number of hydrogen-bond acceptors (Lipinski definition) is 3. The zero-order valence-electron chi connectivity index (χ0n) is 13.3. The largest absolute Gasteiger partial charge is 0.342 e. The molecular weight excluding hydrogens is 292 g/mol. The Morgan fingerprint density at radius 1 is 1.18 bits per heavy atom. The van der Waals surface area contributed by atoms with Crippen molar-refractivity contribution in [1.29, 1.82) is 0 Å². The van der Waals surface area contributed by atoms with E-state index in [9.17, 15) is 0 Å². The summed E-state index contributed by atoms with van der Waals surface area (Å²) in [5.41, 5.74) is 5.01. The lowest BCUT2D eigenvalue weighted by Crippen LogP contribution is -2.57. The predicted molar refractivity (Wildman–Crippen MR) is 94.2 cm³/mol. The van der Waals surface area contributed by atoms with Gasteiger partial charge in [-0.15, -0.1) is 0 Å². The van der Waals surface area contributed by atoms with Gasteiger partial charge in [-0.2, -0.15) is 0 Å². The van der Waals surface area contributed by atoms with Gasteiger partial charge < -0.3 is 5.32 Å². The first-order valence-corrected chi connectivity index (χ1v) is 8.75. The third-order valence-electron chi connectivity index (χ3n) is 4.63. The van der Waals surface area contributed by atoms with Gasteiger partial charge in [-0.1, -0.05) is 43.7 Å². The maximum atomic E-state index is 5.48. The zero-order chi connectivity index (χ0) is 15.4. The van der Waals surface area contributed by atoms with Crippen molar-refractivity contribution in [2.75, 3.05) is 19.6 Å². The lowest BCUT2D eigenvalue weighted by molar-refractivity contribution is 0.0995. The van der Waals surface area contributed by atoms with Crippen LogP contribution < -0.4 is 10.7 Å². The van der Waals surface area contributed by atoms with Crippen molar-refractivity contribution in [3.05, 3.63) is 35.9 Å². The smallest absolute Gasteiger partial charge is 0.185 e. The highest BCUT2D eigenvalue weighted by Gasteiger charge is 2.41. The number of likely N-dealkylation sites (tertiary alicyclic amines) is 1. The van der Waals surface area contributed by atoms with E-state index in [1.165, 1.54) is 18.4 Å². The maximum Gasteiger partial charge on any atom is 0.185 e. The molecule has 2 aliphatic heterocycles. The van der Waals surface area contributed by atoms with Crippen LogP contribution >= 0.6 is 12.2 Å². The summed E-state index contributed by atoms with van der Waals surface area (Å²) in [4.78, 5) is 2.53. The van der Waals surface area contributed by atoms with Gasteiger partial charge >= 0.3 is 0 Å². The van der Waals surface area contributed by atoms with Crippen LogP contribution in [0.15, 0.2) is 30.3 Å². The number of nitrogens with one attached hydrogen (secondary N) is 2. The van der Waals surface area contributed by atoms with Crippen molar-refractivity contribution in [3.63, 3.8) is 0 Å². The number of unbranched alkanes of at least 4 members (excludes halogenated alkanes) is 1. The Hall–Kier alpha value is -1.17. The number of nitrogens with zero attached hydrogens (tertiary/aromatic N) is 2. The molecule has 120 valence electrons.